The summed E-state index contributed by atoms with van der Waals surface area (Å²) >= 11 is 7.67. The fourth-order valence-electron chi connectivity index (χ4n) is 4.78. The van der Waals surface area contributed by atoms with Crippen LogP contribution in [-0.4, -0.2) is 48.4 Å². The van der Waals surface area contributed by atoms with Crippen molar-refractivity contribution in [3.8, 4) is 0 Å². The van der Waals surface area contributed by atoms with E-state index in [2.05, 4.69) is 4.99 Å². The second-order valence-electron chi connectivity index (χ2n) is 8.93. The van der Waals surface area contributed by atoms with Crippen LogP contribution >= 0.6 is 22.9 Å². The number of benzene rings is 2. The van der Waals surface area contributed by atoms with Crippen molar-refractivity contribution in [3.05, 3.63) is 99.7 Å². The molecule has 2 aliphatic heterocycles. The molecule has 202 valence electrons. The Labute approximate surface area is 232 Å². The fourth-order valence-corrected chi connectivity index (χ4v) is 6.07. The van der Waals surface area contributed by atoms with Gasteiger partial charge in [-0.05, 0) is 43.2 Å². The lowest BCUT2D eigenvalue weighted by atomic mass is 9.96. The molecule has 0 amide bonds. The lowest BCUT2D eigenvalue weighted by Gasteiger charge is -2.28. The zero-order valence-electron chi connectivity index (χ0n) is 21.3. The molecular weight excluding hydrogens is 544 g/mol. The molecule has 1 fully saturated rings. The number of carbonyl (C=O) groups excluding carboxylic acids is 1. The number of thiazole rings is 1. The molecule has 0 aliphatic carbocycles. The highest BCUT2D eigenvalue weighted by Crippen LogP contribution is 2.34. The molecule has 1 aromatic heterocycles. The summed E-state index contributed by atoms with van der Waals surface area (Å²) in [6.07, 6.45) is 1.60. The largest absolute Gasteiger partial charge is 0.463 e. The first-order valence-corrected chi connectivity index (χ1v) is 13.5. The van der Waals surface area contributed by atoms with Crippen molar-refractivity contribution >= 4 is 46.4 Å². The molecule has 3 aromatic rings. The third-order valence-electron chi connectivity index (χ3n) is 6.56. The average Bonchev–Trinajstić information content (AvgIpc) is 3.22. The van der Waals surface area contributed by atoms with Crippen LogP contribution in [0.1, 0.15) is 31.0 Å². The van der Waals surface area contributed by atoms with E-state index < -0.39 is 22.5 Å². The SMILES string of the molecule is CCOC(=O)C1=C(C)N=c2s/c(=C/c3ccc(N4CCOCC4)c([N+](=O)[O-])c3)c(=O)n2[C@@H]1c1ccccc1Cl. The molecule has 0 saturated carbocycles. The normalized spacial score (nSPS) is 17.6. The number of nitro groups is 1. The van der Waals surface area contributed by atoms with E-state index in [0.29, 0.717) is 63.2 Å². The van der Waals surface area contributed by atoms with E-state index >= 15 is 0 Å². The van der Waals surface area contributed by atoms with Crippen LogP contribution in [-0.2, 0) is 14.3 Å². The summed E-state index contributed by atoms with van der Waals surface area (Å²) < 4.78 is 12.4. The van der Waals surface area contributed by atoms with Gasteiger partial charge in [0.15, 0.2) is 4.80 Å². The van der Waals surface area contributed by atoms with Gasteiger partial charge < -0.3 is 14.4 Å². The van der Waals surface area contributed by atoms with Crippen molar-refractivity contribution in [3.63, 3.8) is 0 Å². The standard InChI is InChI=1S/C27H25ClN4O6S/c1-3-38-26(34)23-16(2)29-27-31(24(23)18-6-4-5-7-19(18)28)25(33)22(39-27)15-17-8-9-20(21(14-17)32(35)36)30-10-12-37-13-11-30/h4-9,14-15,24H,3,10-13H2,1-2H3/b22-15+/t24-/m1/s1. The monoisotopic (exact) mass is 568 g/mol. The number of nitrogens with zero attached hydrogens (tertiary/aromatic N) is 4. The minimum atomic E-state index is -0.839. The van der Waals surface area contributed by atoms with Gasteiger partial charge in [0, 0.05) is 24.2 Å². The summed E-state index contributed by atoms with van der Waals surface area (Å²) in [6, 6.07) is 11.1. The highest BCUT2D eigenvalue weighted by Gasteiger charge is 2.34. The number of hydrogen-bond donors (Lipinski definition) is 0. The number of rotatable bonds is 6. The molecule has 1 atom stereocenters. The van der Waals surface area contributed by atoms with Gasteiger partial charge in [-0.15, -0.1) is 0 Å². The molecule has 0 bridgehead atoms. The number of ether oxygens (including phenoxy) is 2. The lowest BCUT2D eigenvalue weighted by molar-refractivity contribution is -0.384. The molecule has 3 heterocycles. The zero-order valence-corrected chi connectivity index (χ0v) is 22.8. The van der Waals surface area contributed by atoms with Crippen molar-refractivity contribution in [2.75, 3.05) is 37.8 Å². The summed E-state index contributed by atoms with van der Waals surface area (Å²) in [5, 5.41) is 12.3. The van der Waals surface area contributed by atoms with E-state index in [0.717, 1.165) is 11.3 Å². The van der Waals surface area contributed by atoms with Gasteiger partial charge in [-0.2, -0.15) is 0 Å². The number of fused-ring (bicyclic) bond motifs is 1. The maximum absolute atomic E-state index is 13.8. The van der Waals surface area contributed by atoms with E-state index in [1.807, 2.05) is 4.90 Å². The highest BCUT2D eigenvalue weighted by atomic mass is 35.5. The van der Waals surface area contributed by atoms with Crippen LogP contribution in [0.15, 0.2) is 63.5 Å². The maximum atomic E-state index is 13.8. The van der Waals surface area contributed by atoms with E-state index in [4.69, 9.17) is 21.1 Å². The van der Waals surface area contributed by atoms with E-state index in [1.165, 1.54) is 10.6 Å². The number of aromatic nitrogens is 1. The van der Waals surface area contributed by atoms with Crippen LogP contribution in [0.25, 0.3) is 6.08 Å². The summed E-state index contributed by atoms with van der Waals surface area (Å²) in [6.45, 7) is 5.68. The Morgan fingerprint density at radius 3 is 2.72 bits per heavy atom. The second kappa shape index (κ2) is 11.1. The van der Waals surface area contributed by atoms with Crippen LogP contribution in [0.5, 0.6) is 0 Å². The molecule has 2 aromatic carbocycles. The third kappa shape index (κ3) is 5.12. The van der Waals surface area contributed by atoms with Gasteiger partial charge in [0.2, 0.25) is 0 Å². The summed E-state index contributed by atoms with van der Waals surface area (Å²) in [5.41, 5.74) is 1.79. The maximum Gasteiger partial charge on any atom is 0.338 e. The van der Waals surface area contributed by atoms with Crippen molar-refractivity contribution in [1.29, 1.82) is 0 Å². The molecule has 12 heteroatoms. The topological polar surface area (TPSA) is 116 Å². The Kier molecular flexibility index (Phi) is 7.65. The number of allylic oxidation sites excluding steroid dienone is 1. The predicted octanol–water partition coefficient (Wildman–Crippen LogP) is 3.20. The van der Waals surface area contributed by atoms with Gasteiger partial charge in [-0.1, -0.05) is 47.2 Å². The first kappa shape index (κ1) is 26.8. The number of halogens is 1. The van der Waals surface area contributed by atoms with Gasteiger partial charge in [0.1, 0.15) is 11.7 Å². The Hall–Kier alpha value is -3.80. The lowest BCUT2D eigenvalue weighted by Crippen LogP contribution is -2.40. The van der Waals surface area contributed by atoms with Gasteiger partial charge in [0.05, 0.1) is 40.5 Å². The first-order chi connectivity index (χ1) is 18.8. The second-order valence-corrected chi connectivity index (χ2v) is 10.3. The summed E-state index contributed by atoms with van der Waals surface area (Å²) in [5.74, 6) is -0.577. The number of morpholine rings is 1. The Morgan fingerprint density at radius 2 is 2.03 bits per heavy atom. The molecule has 0 unspecified atom stereocenters. The third-order valence-corrected chi connectivity index (χ3v) is 7.89. The van der Waals surface area contributed by atoms with Crippen molar-refractivity contribution in [2.24, 2.45) is 4.99 Å². The van der Waals surface area contributed by atoms with E-state index in [9.17, 15) is 19.7 Å². The van der Waals surface area contributed by atoms with Crippen LogP contribution in [0, 0.1) is 10.1 Å². The zero-order chi connectivity index (χ0) is 27.7. The van der Waals surface area contributed by atoms with E-state index in [1.54, 1.807) is 56.3 Å². The van der Waals surface area contributed by atoms with Crippen LogP contribution in [0.4, 0.5) is 11.4 Å². The molecule has 1 saturated heterocycles. The van der Waals surface area contributed by atoms with Gasteiger partial charge >= 0.3 is 5.97 Å². The number of nitro benzene ring substituents is 1. The van der Waals surface area contributed by atoms with Gasteiger partial charge in [-0.3, -0.25) is 19.5 Å². The van der Waals surface area contributed by atoms with Crippen LogP contribution < -0.4 is 19.8 Å². The fraction of sp³-hybridized carbons (Fsp3) is 0.296. The minimum absolute atomic E-state index is 0.0483. The highest BCUT2D eigenvalue weighted by molar-refractivity contribution is 7.07. The van der Waals surface area contributed by atoms with Crippen LogP contribution in [0.2, 0.25) is 5.02 Å². The molecule has 39 heavy (non-hydrogen) atoms. The Morgan fingerprint density at radius 1 is 1.28 bits per heavy atom. The van der Waals surface area contributed by atoms with Gasteiger partial charge in [0.25, 0.3) is 11.2 Å². The molecule has 5 rings (SSSR count). The summed E-state index contributed by atoms with van der Waals surface area (Å²) in [4.78, 5) is 45.1. The molecule has 0 spiro atoms. The smallest absolute Gasteiger partial charge is 0.338 e. The predicted molar refractivity (Wildman–Crippen MR) is 148 cm³/mol. The molecular formula is C27H25ClN4O6S. The minimum Gasteiger partial charge on any atom is -0.463 e. The molecule has 2 aliphatic rings. The molecule has 0 radical (unpaired) electrons. The Bertz CT molecular complexity index is 1670. The number of carbonyl (C=O) groups is 1. The average molecular weight is 569 g/mol. The summed E-state index contributed by atoms with van der Waals surface area (Å²) in [7, 11) is 0. The molecule has 0 N–H and O–H groups in total. The van der Waals surface area contributed by atoms with Gasteiger partial charge in [-0.25, -0.2) is 9.79 Å². The van der Waals surface area contributed by atoms with Crippen molar-refractivity contribution < 1.29 is 19.2 Å². The number of hydrogen-bond acceptors (Lipinski definition) is 9. The van der Waals surface area contributed by atoms with Crippen molar-refractivity contribution in [1.82, 2.24) is 4.57 Å². The van der Waals surface area contributed by atoms with E-state index in [-0.39, 0.29) is 17.9 Å². The first-order valence-electron chi connectivity index (χ1n) is 12.4. The van der Waals surface area contributed by atoms with Crippen molar-refractivity contribution in [2.45, 2.75) is 19.9 Å². The number of esters is 1. The Balaban J connectivity index is 1.65. The quantitative estimate of drug-likeness (QED) is 0.255. The van der Waals surface area contributed by atoms with Crippen LogP contribution in [0.3, 0.4) is 0 Å². The number of anilines is 1. The molecule has 10 nitrogen and oxygen atoms in total.